The summed E-state index contributed by atoms with van der Waals surface area (Å²) in [7, 11) is 0. The molecule has 2 heterocycles. The molecule has 10 rings (SSSR count). The zero-order chi connectivity index (χ0) is 32.0. The van der Waals surface area contributed by atoms with Gasteiger partial charge in [-0.3, -0.25) is 4.57 Å². The molecule has 0 amide bonds. The van der Waals surface area contributed by atoms with Gasteiger partial charge < -0.3 is 0 Å². The summed E-state index contributed by atoms with van der Waals surface area (Å²) >= 11 is 0. The van der Waals surface area contributed by atoms with E-state index in [0.29, 0.717) is 5.82 Å². The lowest BCUT2D eigenvalue weighted by molar-refractivity contribution is 0.645. The van der Waals surface area contributed by atoms with Crippen LogP contribution in [-0.4, -0.2) is 14.5 Å². The van der Waals surface area contributed by atoms with Crippen molar-refractivity contribution in [2.24, 2.45) is 0 Å². The van der Waals surface area contributed by atoms with Crippen LogP contribution in [0.3, 0.4) is 0 Å². The Hall–Kier alpha value is -6.06. The van der Waals surface area contributed by atoms with E-state index in [1.54, 1.807) is 0 Å². The normalized spacial score (nSPS) is 13.4. The van der Waals surface area contributed by atoms with Crippen LogP contribution in [0.2, 0.25) is 0 Å². The van der Waals surface area contributed by atoms with Crippen molar-refractivity contribution in [3.63, 3.8) is 0 Å². The first-order valence-electron chi connectivity index (χ1n) is 16.6. The lowest BCUT2D eigenvalue weighted by Gasteiger charge is -2.35. The number of hydrogen-bond acceptors (Lipinski definition) is 2. The van der Waals surface area contributed by atoms with Crippen LogP contribution in [0, 0.1) is 0 Å². The molecule has 0 atom stereocenters. The molecule has 1 aliphatic rings. The minimum Gasteiger partial charge on any atom is -0.292 e. The predicted molar refractivity (Wildman–Crippen MR) is 200 cm³/mol. The van der Waals surface area contributed by atoms with Crippen molar-refractivity contribution in [1.82, 2.24) is 14.5 Å². The molecule has 0 bridgehead atoms. The number of nitrogens with zero attached hydrogens (tertiary/aromatic N) is 3. The Morgan fingerprint density at radius 2 is 1.19 bits per heavy atom. The van der Waals surface area contributed by atoms with E-state index in [1.165, 1.54) is 60.1 Å². The van der Waals surface area contributed by atoms with E-state index in [9.17, 15) is 0 Å². The Labute approximate surface area is 278 Å². The molecular formula is C45H31N3. The van der Waals surface area contributed by atoms with Gasteiger partial charge in [0.1, 0.15) is 5.82 Å². The van der Waals surface area contributed by atoms with Gasteiger partial charge in [-0.25, -0.2) is 9.97 Å². The van der Waals surface area contributed by atoms with E-state index in [-0.39, 0.29) is 5.41 Å². The van der Waals surface area contributed by atoms with Crippen LogP contribution < -0.4 is 0 Å². The summed E-state index contributed by atoms with van der Waals surface area (Å²) in [5.41, 5.74) is 10.4. The Morgan fingerprint density at radius 3 is 2.02 bits per heavy atom. The lowest BCUT2D eigenvalue weighted by atomic mass is 9.68. The quantitative estimate of drug-likeness (QED) is 0.198. The van der Waals surface area contributed by atoms with Crippen molar-refractivity contribution >= 4 is 43.4 Å². The van der Waals surface area contributed by atoms with Crippen molar-refractivity contribution < 1.29 is 0 Å². The number of rotatable bonds is 3. The van der Waals surface area contributed by atoms with Gasteiger partial charge in [-0.1, -0.05) is 153 Å². The molecule has 0 unspecified atom stereocenters. The second-order valence-electron chi connectivity index (χ2n) is 13.4. The largest absolute Gasteiger partial charge is 0.292 e. The van der Waals surface area contributed by atoms with Gasteiger partial charge in [0.2, 0.25) is 0 Å². The molecule has 0 fully saturated rings. The van der Waals surface area contributed by atoms with Gasteiger partial charge in [0, 0.05) is 44.3 Å². The number of benzene rings is 7. The number of aromatic nitrogens is 3. The molecule has 226 valence electrons. The Balaban J connectivity index is 1.46. The molecule has 0 spiro atoms. The van der Waals surface area contributed by atoms with Crippen molar-refractivity contribution in [1.29, 1.82) is 0 Å². The Kier molecular flexibility index (Phi) is 5.63. The van der Waals surface area contributed by atoms with Gasteiger partial charge in [0.05, 0.1) is 16.7 Å². The van der Waals surface area contributed by atoms with Gasteiger partial charge >= 0.3 is 0 Å². The molecule has 48 heavy (non-hydrogen) atoms. The van der Waals surface area contributed by atoms with E-state index in [4.69, 9.17) is 9.97 Å². The van der Waals surface area contributed by atoms with Crippen LogP contribution in [0.25, 0.3) is 82.9 Å². The van der Waals surface area contributed by atoms with Crippen molar-refractivity contribution in [2.45, 2.75) is 19.3 Å². The van der Waals surface area contributed by atoms with E-state index in [0.717, 1.165) is 28.2 Å². The van der Waals surface area contributed by atoms with Gasteiger partial charge in [-0.2, -0.15) is 0 Å². The lowest BCUT2D eigenvalue weighted by Crippen LogP contribution is -2.23. The molecule has 7 aromatic carbocycles. The monoisotopic (exact) mass is 613 g/mol. The summed E-state index contributed by atoms with van der Waals surface area (Å²) in [6.45, 7) is 4.72. The minimum atomic E-state index is -0.143. The second-order valence-corrected chi connectivity index (χ2v) is 13.4. The van der Waals surface area contributed by atoms with Crippen LogP contribution in [0.1, 0.15) is 25.0 Å². The minimum absolute atomic E-state index is 0.143. The van der Waals surface area contributed by atoms with Gasteiger partial charge in [0.25, 0.3) is 0 Å². The molecule has 0 radical (unpaired) electrons. The zero-order valence-corrected chi connectivity index (χ0v) is 26.8. The molecule has 0 saturated heterocycles. The first-order valence-corrected chi connectivity index (χ1v) is 16.6. The molecule has 0 saturated carbocycles. The van der Waals surface area contributed by atoms with E-state index in [1.807, 2.05) is 6.07 Å². The third-order valence-corrected chi connectivity index (χ3v) is 10.4. The summed E-state index contributed by atoms with van der Waals surface area (Å²) in [5.74, 6) is 1.56. The highest BCUT2D eigenvalue weighted by atomic mass is 15.1. The average molecular weight is 614 g/mol. The molecule has 1 aliphatic carbocycles. The highest BCUT2D eigenvalue weighted by Gasteiger charge is 2.35. The van der Waals surface area contributed by atoms with E-state index in [2.05, 4.69) is 164 Å². The van der Waals surface area contributed by atoms with Gasteiger partial charge in [-0.15, -0.1) is 0 Å². The summed E-state index contributed by atoms with van der Waals surface area (Å²) in [6, 6.07) is 54.5. The van der Waals surface area contributed by atoms with Gasteiger partial charge in [-0.05, 0) is 38.9 Å². The maximum absolute atomic E-state index is 5.41. The van der Waals surface area contributed by atoms with Gasteiger partial charge in [0.15, 0.2) is 5.82 Å². The summed E-state index contributed by atoms with van der Waals surface area (Å²) in [6.07, 6.45) is 0. The molecule has 3 heteroatoms. The predicted octanol–water partition coefficient (Wildman–Crippen LogP) is 11.5. The Bertz CT molecular complexity index is 2680. The maximum atomic E-state index is 5.41. The van der Waals surface area contributed by atoms with Crippen LogP contribution in [-0.2, 0) is 5.41 Å². The Morgan fingerprint density at radius 1 is 0.500 bits per heavy atom. The molecule has 0 N–H and O–H groups in total. The van der Waals surface area contributed by atoms with Crippen LogP contribution >= 0.6 is 0 Å². The second kappa shape index (κ2) is 9.97. The van der Waals surface area contributed by atoms with Crippen molar-refractivity contribution in [2.75, 3.05) is 0 Å². The smallest absolute Gasteiger partial charge is 0.162 e. The topological polar surface area (TPSA) is 30.7 Å². The third kappa shape index (κ3) is 3.76. The van der Waals surface area contributed by atoms with Crippen LogP contribution in [0.5, 0.6) is 0 Å². The van der Waals surface area contributed by atoms with Crippen molar-refractivity contribution in [3.05, 3.63) is 163 Å². The first kappa shape index (κ1) is 27.1. The van der Waals surface area contributed by atoms with E-state index >= 15 is 0 Å². The third-order valence-electron chi connectivity index (χ3n) is 10.4. The molecular weight excluding hydrogens is 583 g/mol. The number of fused-ring (bicyclic) bond motifs is 8. The fraction of sp³-hybridized carbons (Fsp3) is 0.0667. The van der Waals surface area contributed by atoms with Crippen molar-refractivity contribution in [3.8, 4) is 39.6 Å². The molecule has 2 aromatic heterocycles. The average Bonchev–Trinajstić information content (AvgIpc) is 3.48. The number of hydrogen-bond donors (Lipinski definition) is 0. The SMILES string of the molecule is CC1(C)c2ccccc2-c2c3c1cccc3cc1c3ccc4ccccc4c3n(-c3cc(-c4ccccc4)nc(-c4ccccc4)n3)c21. The first-order chi connectivity index (χ1) is 23.6. The standard InChI is InChI=1S/C45H31N3/c1-45(2)36-22-12-11-21-34(36)41-40-31(19-13-23-37(40)45)26-35-33-25-24-28-14-9-10-20-32(28)42(33)48(43(35)41)39-27-38(29-15-5-3-6-16-29)46-44(47-39)30-17-7-4-8-18-30/h3-27H,1-2H3. The molecule has 3 nitrogen and oxygen atoms in total. The summed E-state index contributed by atoms with van der Waals surface area (Å²) < 4.78 is 2.44. The highest BCUT2D eigenvalue weighted by Crippen LogP contribution is 2.53. The van der Waals surface area contributed by atoms with Crippen LogP contribution in [0.15, 0.2) is 152 Å². The van der Waals surface area contributed by atoms with E-state index < -0.39 is 0 Å². The molecule has 0 aliphatic heterocycles. The fourth-order valence-electron chi connectivity index (χ4n) is 8.13. The summed E-state index contributed by atoms with van der Waals surface area (Å²) in [5, 5.41) is 7.44. The zero-order valence-electron chi connectivity index (χ0n) is 26.8. The molecule has 9 aromatic rings. The summed E-state index contributed by atoms with van der Waals surface area (Å²) in [4.78, 5) is 10.6. The maximum Gasteiger partial charge on any atom is 0.162 e. The highest BCUT2D eigenvalue weighted by molar-refractivity contribution is 6.26. The fourth-order valence-corrected chi connectivity index (χ4v) is 8.13. The van der Waals surface area contributed by atoms with Crippen LogP contribution in [0.4, 0.5) is 0 Å².